The number of furan rings is 1. The molecule has 6 nitrogen and oxygen atoms in total. The van der Waals surface area contributed by atoms with Crippen molar-refractivity contribution in [2.75, 3.05) is 5.32 Å². The Balaban J connectivity index is 1.73. The summed E-state index contributed by atoms with van der Waals surface area (Å²) in [6.45, 7) is 0. The van der Waals surface area contributed by atoms with Gasteiger partial charge in [-0.1, -0.05) is 0 Å². The molecule has 7 heteroatoms. The smallest absolute Gasteiger partial charge is 0.417 e. The Morgan fingerprint density at radius 1 is 1.24 bits per heavy atom. The van der Waals surface area contributed by atoms with Gasteiger partial charge in [-0.3, -0.25) is 9.78 Å². The van der Waals surface area contributed by atoms with Gasteiger partial charge >= 0.3 is 5.76 Å². The van der Waals surface area contributed by atoms with Crippen molar-refractivity contribution >= 4 is 51.4 Å². The maximum Gasteiger partial charge on any atom is 0.417 e. The molecular formula is C14H9IN2O4. The van der Waals surface area contributed by atoms with Gasteiger partial charge in [0.25, 0.3) is 0 Å². The molecule has 0 saturated heterocycles. The highest BCUT2D eigenvalue weighted by molar-refractivity contribution is 14.1. The fourth-order valence-corrected chi connectivity index (χ4v) is 2.22. The average Bonchev–Trinajstić information content (AvgIpc) is 3.01. The molecule has 3 aromatic rings. The first-order valence-electron chi connectivity index (χ1n) is 5.97. The van der Waals surface area contributed by atoms with Crippen LogP contribution < -0.4 is 11.1 Å². The molecule has 0 aliphatic rings. The van der Waals surface area contributed by atoms with Gasteiger partial charge in [-0.2, -0.15) is 0 Å². The summed E-state index contributed by atoms with van der Waals surface area (Å²) in [4.78, 5) is 25.4. The van der Waals surface area contributed by atoms with E-state index in [0.29, 0.717) is 22.5 Å². The zero-order chi connectivity index (χ0) is 14.8. The Morgan fingerprint density at radius 3 is 2.86 bits per heavy atom. The van der Waals surface area contributed by atoms with Crippen LogP contribution in [-0.4, -0.2) is 10.9 Å². The van der Waals surface area contributed by atoms with E-state index < -0.39 is 5.76 Å². The Labute approximate surface area is 132 Å². The van der Waals surface area contributed by atoms with Crippen LogP contribution in [0.15, 0.2) is 50.0 Å². The number of nitrogens with one attached hydrogen (secondary N) is 2. The summed E-state index contributed by atoms with van der Waals surface area (Å²) in [7, 11) is 0. The number of aromatic amines is 1. The molecule has 0 fully saturated rings. The van der Waals surface area contributed by atoms with Gasteiger partial charge in [0.15, 0.2) is 9.35 Å². The summed E-state index contributed by atoms with van der Waals surface area (Å²) < 4.78 is 10.9. The van der Waals surface area contributed by atoms with E-state index in [0.717, 1.165) is 3.77 Å². The highest BCUT2D eigenvalue weighted by atomic mass is 127. The number of amides is 1. The molecular weight excluding hydrogens is 387 g/mol. The van der Waals surface area contributed by atoms with Crippen LogP contribution in [0.1, 0.15) is 5.76 Å². The topological polar surface area (TPSA) is 88.2 Å². The zero-order valence-corrected chi connectivity index (χ0v) is 12.7. The standard InChI is InChI=1S/C14H9IN2O4/c15-12-5-2-9(20-12)3-6-13(18)16-8-1-4-11-10(7-8)17-14(19)21-11/h1-7H,(H,16,18)(H,17,19)/b6-3+. The Morgan fingerprint density at radius 2 is 2.10 bits per heavy atom. The second-order valence-electron chi connectivity index (χ2n) is 4.19. The van der Waals surface area contributed by atoms with Gasteiger partial charge in [0.1, 0.15) is 5.76 Å². The molecule has 106 valence electrons. The number of H-pyrrole nitrogens is 1. The summed E-state index contributed by atoms with van der Waals surface area (Å²) in [5, 5.41) is 2.69. The maximum atomic E-state index is 11.8. The third-order valence-corrected chi connectivity index (χ3v) is 3.26. The predicted molar refractivity (Wildman–Crippen MR) is 85.9 cm³/mol. The number of anilines is 1. The number of carbonyl (C=O) groups is 1. The number of hydrogen-bond acceptors (Lipinski definition) is 4. The van der Waals surface area contributed by atoms with E-state index in [1.54, 1.807) is 36.4 Å². The van der Waals surface area contributed by atoms with Gasteiger partial charge in [-0.15, -0.1) is 0 Å². The van der Waals surface area contributed by atoms with Gasteiger partial charge in [0.05, 0.1) is 5.52 Å². The fraction of sp³-hybridized carbons (Fsp3) is 0. The molecule has 0 radical (unpaired) electrons. The van der Waals surface area contributed by atoms with Gasteiger partial charge in [0, 0.05) is 11.8 Å². The third-order valence-electron chi connectivity index (χ3n) is 2.68. The van der Waals surface area contributed by atoms with E-state index >= 15 is 0 Å². The Kier molecular flexibility index (Phi) is 3.65. The molecule has 0 unspecified atom stereocenters. The van der Waals surface area contributed by atoms with Gasteiger partial charge in [-0.05, 0) is 59.0 Å². The highest BCUT2D eigenvalue weighted by Gasteiger charge is 2.04. The van der Waals surface area contributed by atoms with Crippen molar-refractivity contribution < 1.29 is 13.6 Å². The lowest BCUT2D eigenvalue weighted by Crippen LogP contribution is -2.07. The maximum absolute atomic E-state index is 11.8. The lowest BCUT2D eigenvalue weighted by molar-refractivity contribution is -0.111. The molecule has 2 aromatic heterocycles. The molecule has 0 bridgehead atoms. The molecule has 0 saturated carbocycles. The number of carbonyl (C=O) groups excluding carboxylic acids is 1. The average molecular weight is 396 g/mol. The van der Waals surface area contributed by atoms with Crippen LogP contribution in [0.5, 0.6) is 0 Å². The molecule has 0 aliphatic carbocycles. The number of aromatic nitrogens is 1. The predicted octanol–water partition coefficient (Wildman–Crippen LogP) is 2.97. The van der Waals surface area contributed by atoms with E-state index in [2.05, 4.69) is 10.3 Å². The van der Waals surface area contributed by atoms with Gasteiger partial charge in [0.2, 0.25) is 5.91 Å². The molecule has 0 aliphatic heterocycles. The molecule has 21 heavy (non-hydrogen) atoms. The number of oxazole rings is 1. The largest absolute Gasteiger partial charge is 0.451 e. The van der Waals surface area contributed by atoms with Crippen molar-refractivity contribution in [3.05, 3.63) is 56.5 Å². The van der Waals surface area contributed by atoms with Crippen molar-refractivity contribution in [2.24, 2.45) is 0 Å². The lowest BCUT2D eigenvalue weighted by atomic mass is 10.3. The SMILES string of the molecule is O=C(/C=C/c1ccc(I)o1)Nc1ccc2oc(=O)[nH]c2c1. The molecule has 0 atom stereocenters. The third kappa shape index (κ3) is 3.24. The molecule has 1 amide bonds. The molecule has 3 rings (SSSR count). The first-order valence-corrected chi connectivity index (χ1v) is 7.05. The van der Waals surface area contributed by atoms with E-state index in [1.807, 2.05) is 22.6 Å². The monoisotopic (exact) mass is 396 g/mol. The zero-order valence-electron chi connectivity index (χ0n) is 10.6. The molecule has 0 spiro atoms. The van der Waals surface area contributed by atoms with Crippen LogP contribution in [0.3, 0.4) is 0 Å². The van der Waals surface area contributed by atoms with Crippen LogP contribution >= 0.6 is 22.6 Å². The van der Waals surface area contributed by atoms with Crippen molar-refractivity contribution in [1.29, 1.82) is 0 Å². The van der Waals surface area contributed by atoms with E-state index in [9.17, 15) is 9.59 Å². The van der Waals surface area contributed by atoms with Crippen LogP contribution in [0.4, 0.5) is 5.69 Å². The van der Waals surface area contributed by atoms with Crippen molar-refractivity contribution in [3.63, 3.8) is 0 Å². The second kappa shape index (κ2) is 5.60. The molecule has 2 N–H and O–H groups in total. The number of fused-ring (bicyclic) bond motifs is 1. The summed E-state index contributed by atoms with van der Waals surface area (Å²) in [5.74, 6) is -0.225. The number of rotatable bonds is 3. The van der Waals surface area contributed by atoms with E-state index in [4.69, 9.17) is 8.83 Å². The lowest BCUT2D eigenvalue weighted by Gasteiger charge is -2.00. The summed E-state index contributed by atoms with van der Waals surface area (Å²) in [6.07, 6.45) is 2.95. The number of benzene rings is 1. The minimum Gasteiger partial charge on any atom is -0.451 e. The summed E-state index contributed by atoms with van der Waals surface area (Å²) in [6, 6.07) is 8.47. The number of halogens is 1. The van der Waals surface area contributed by atoms with Crippen LogP contribution in [0, 0.1) is 3.77 Å². The minimum absolute atomic E-state index is 0.299. The highest BCUT2D eigenvalue weighted by Crippen LogP contribution is 2.16. The summed E-state index contributed by atoms with van der Waals surface area (Å²) >= 11 is 2.05. The van der Waals surface area contributed by atoms with E-state index in [1.165, 1.54) is 6.08 Å². The normalized spacial score (nSPS) is 11.3. The van der Waals surface area contributed by atoms with Crippen LogP contribution in [-0.2, 0) is 4.79 Å². The second-order valence-corrected chi connectivity index (χ2v) is 5.25. The van der Waals surface area contributed by atoms with Crippen molar-refractivity contribution in [2.45, 2.75) is 0 Å². The first-order chi connectivity index (χ1) is 10.1. The Bertz CT molecular complexity index is 888. The molecule has 1 aromatic carbocycles. The summed E-state index contributed by atoms with van der Waals surface area (Å²) in [5.41, 5.74) is 1.53. The van der Waals surface area contributed by atoms with Crippen LogP contribution in [0.2, 0.25) is 0 Å². The van der Waals surface area contributed by atoms with Gasteiger partial charge < -0.3 is 14.2 Å². The quantitative estimate of drug-likeness (QED) is 0.527. The number of hydrogen-bond donors (Lipinski definition) is 2. The van der Waals surface area contributed by atoms with Crippen LogP contribution in [0.25, 0.3) is 17.2 Å². The first kappa shape index (κ1) is 13.7. The Hall–Kier alpha value is -2.29. The van der Waals surface area contributed by atoms with Crippen molar-refractivity contribution in [1.82, 2.24) is 4.98 Å². The molecule has 2 heterocycles. The van der Waals surface area contributed by atoms with Gasteiger partial charge in [-0.25, -0.2) is 4.79 Å². The fourth-order valence-electron chi connectivity index (χ4n) is 1.79. The van der Waals surface area contributed by atoms with E-state index in [-0.39, 0.29) is 5.91 Å². The minimum atomic E-state index is -0.527. The van der Waals surface area contributed by atoms with Crippen molar-refractivity contribution in [3.8, 4) is 0 Å².